The van der Waals surface area contributed by atoms with Crippen molar-refractivity contribution in [2.75, 3.05) is 60.0 Å². The van der Waals surface area contributed by atoms with Gasteiger partial charge < -0.3 is 23.7 Å². The summed E-state index contributed by atoms with van der Waals surface area (Å²) in [5.41, 5.74) is 0. The fraction of sp³-hybridized carbons (Fsp3) is 0.900. The molecule has 0 unspecified atom stereocenters. The van der Waals surface area contributed by atoms with Crippen LogP contribution in [0.3, 0.4) is 0 Å². The molecule has 0 fully saturated rings. The molecule has 0 saturated heterocycles. The number of carbonyl (C=O) groups excluding carboxylic acids is 1. The number of methoxy groups -OCH3 is 1. The summed E-state index contributed by atoms with van der Waals surface area (Å²) in [7, 11) is 1.63. The van der Waals surface area contributed by atoms with Crippen molar-refractivity contribution in [3.05, 3.63) is 0 Å². The lowest BCUT2D eigenvalue weighted by molar-refractivity contribution is -0.130. The molecule has 0 heterocycles. The standard InChI is InChI=1S/C10H20O6/c1-12-2-3-13-4-5-14-6-7-15-8-9-16-10-11/h10H,2-9H2,1H3. The van der Waals surface area contributed by atoms with E-state index in [4.69, 9.17) is 18.9 Å². The maximum absolute atomic E-state index is 9.76. The van der Waals surface area contributed by atoms with Crippen molar-refractivity contribution >= 4 is 6.47 Å². The van der Waals surface area contributed by atoms with Crippen molar-refractivity contribution in [2.24, 2.45) is 0 Å². The van der Waals surface area contributed by atoms with Gasteiger partial charge in [-0.3, -0.25) is 4.79 Å². The molecule has 16 heavy (non-hydrogen) atoms. The average Bonchev–Trinajstić information content (AvgIpc) is 2.31. The quantitative estimate of drug-likeness (QED) is 0.327. The van der Waals surface area contributed by atoms with Crippen LogP contribution < -0.4 is 0 Å². The topological polar surface area (TPSA) is 63.2 Å². The SMILES string of the molecule is COCCOCCOCCOCCOC=O. The van der Waals surface area contributed by atoms with Crippen LogP contribution in [0.2, 0.25) is 0 Å². The normalized spacial score (nSPS) is 10.3. The first kappa shape index (κ1) is 15.3. The van der Waals surface area contributed by atoms with Crippen molar-refractivity contribution in [3.8, 4) is 0 Å². The van der Waals surface area contributed by atoms with E-state index < -0.39 is 0 Å². The molecule has 0 saturated carbocycles. The molecule has 0 aliphatic carbocycles. The minimum absolute atomic E-state index is 0.281. The van der Waals surface area contributed by atoms with E-state index in [1.807, 2.05) is 0 Å². The molecule has 0 aliphatic heterocycles. The third-order valence-corrected chi connectivity index (χ3v) is 1.59. The van der Waals surface area contributed by atoms with E-state index in [0.717, 1.165) is 0 Å². The highest BCUT2D eigenvalue weighted by Crippen LogP contribution is 1.82. The van der Waals surface area contributed by atoms with E-state index in [0.29, 0.717) is 52.7 Å². The molecule has 0 aromatic rings. The summed E-state index contributed by atoms with van der Waals surface area (Å²) in [5, 5.41) is 0. The predicted octanol–water partition coefficient (Wildman–Crippen LogP) is -0.144. The zero-order chi connectivity index (χ0) is 11.9. The van der Waals surface area contributed by atoms with Crippen LogP contribution >= 0.6 is 0 Å². The molecule has 0 aliphatic rings. The average molecular weight is 236 g/mol. The van der Waals surface area contributed by atoms with Crippen LogP contribution in [0.1, 0.15) is 0 Å². The highest BCUT2D eigenvalue weighted by Gasteiger charge is 1.91. The first-order valence-corrected chi connectivity index (χ1v) is 5.19. The fourth-order valence-electron chi connectivity index (χ4n) is 0.839. The van der Waals surface area contributed by atoms with Gasteiger partial charge in [-0.1, -0.05) is 0 Å². The Morgan fingerprint density at radius 3 is 1.62 bits per heavy atom. The van der Waals surface area contributed by atoms with E-state index >= 15 is 0 Å². The molecule has 0 rings (SSSR count). The van der Waals surface area contributed by atoms with Crippen molar-refractivity contribution in [2.45, 2.75) is 0 Å². The summed E-state index contributed by atoms with van der Waals surface area (Å²) in [5.74, 6) is 0. The Kier molecular flexibility index (Phi) is 13.7. The molecule has 6 nitrogen and oxygen atoms in total. The van der Waals surface area contributed by atoms with Crippen LogP contribution in [0, 0.1) is 0 Å². The highest BCUT2D eigenvalue weighted by atomic mass is 16.6. The molecule has 0 radical (unpaired) electrons. The molecule has 0 aromatic heterocycles. The maximum Gasteiger partial charge on any atom is 0.293 e. The van der Waals surface area contributed by atoms with Crippen molar-refractivity contribution in [1.82, 2.24) is 0 Å². The summed E-state index contributed by atoms with van der Waals surface area (Å²) >= 11 is 0. The minimum Gasteiger partial charge on any atom is -0.465 e. The lowest BCUT2D eigenvalue weighted by Gasteiger charge is -2.06. The second kappa shape index (κ2) is 14.3. The van der Waals surface area contributed by atoms with E-state index in [2.05, 4.69) is 4.74 Å². The van der Waals surface area contributed by atoms with Crippen molar-refractivity contribution < 1.29 is 28.5 Å². The lowest BCUT2D eigenvalue weighted by atomic mass is 10.7. The number of hydrogen-bond acceptors (Lipinski definition) is 6. The molecule has 6 heteroatoms. The van der Waals surface area contributed by atoms with Gasteiger partial charge in [0, 0.05) is 7.11 Å². The summed E-state index contributed by atoms with van der Waals surface area (Å²) in [6, 6.07) is 0. The Morgan fingerprint density at radius 2 is 1.19 bits per heavy atom. The molecular formula is C10H20O6. The number of ether oxygens (including phenoxy) is 5. The second-order valence-corrected chi connectivity index (χ2v) is 2.80. The van der Waals surface area contributed by atoms with E-state index in [-0.39, 0.29) is 6.61 Å². The van der Waals surface area contributed by atoms with E-state index in [1.54, 1.807) is 7.11 Å². The van der Waals surface area contributed by atoms with Crippen LogP contribution in [-0.2, 0) is 28.5 Å². The van der Waals surface area contributed by atoms with E-state index in [9.17, 15) is 4.79 Å². The van der Waals surface area contributed by atoms with Gasteiger partial charge in [0.25, 0.3) is 6.47 Å². The van der Waals surface area contributed by atoms with E-state index in [1.165, 1.54) is 0 Å². The molecule has 0 aromatic carbocycles. The molecule has 0 atom stereocenters. The Bertz CT molecular complexity index is 141. The predicted molar refractivity (Wildman–Crippen MR) is 56.3 cm³/mol. The number of carbonyl (C=O) groups is 1. The summed E-state index contributed by atoms with van der Waals surface area (Å²) in [4.78, 5) is 9.76. The largest absolute Gasteiger partial charge is 0.465 e. The number of rotatable bonds is 13. The van der Waals surface area contributed by atoms with Gasteiger partial charge in [0.15, 0.2) is 0 Å². The first-order chi connectivity index (χ1) is 7.91. The van der Waals surface area contributed by atoms with Gasteiger partial charge in [-0.25, -0.2) is 0 Å². The highest BCUT2D eigenvalue weighted by molar-refractivity contribution is 5.36. The van der Waals surface area contributed by atoms with Crippen molar-refractivity contribution in [3.63, 3.8) is 0 Å². The summed E-state index contributed by atoms with van der Waals surface area (Å²) < 4.78 is 24.8. The smallest absolute Gasteiger partial charge is 0.293 e. The van der Waals surface area contributed by atoms with Gasteiger partial charge >= 0.3 is 0 Å². The Hall–Kier alpha value is -0.690. The maximum atomic E-state index is 9.76. The molecule has 0 amide bonds. The van der Waals surface area contributed by atoms with Gasteiger partial charge in [-0.2, -0.15) is 0 Å². The van der Waals surface area contributed by atoms with Crippen LogP contribution in [0.5, 0.6) is 0 Å². The molecular weight excluding hydrogens is 216 g/mol. The summed E-state index contributed by atoms with van der Waals surface area (Å²) in [6.07, 6.45) is 0. The zero-order valence-corrected chi connectivity index (χ0v) is 9.68. The van der Waals surface area contributed by atoms with Crippen LogP contribution in [-0.4, -0.2) is 66.4 Å². The third-order valence-electron chi connectivity index (χ3n) is 1.59. The molecule has 0 N–H and O–H groups in total. The van der Waals surface area contributed by atoms with Crippen LogP contribution in [0.4, 0.5) is 0 Å². The Morgan fingerprint density at radius 1 is 0.750 bits per heavy atom. The zero-order valence-electron chi connectivity index (χ0n) is 9.68. The Balaban J connectivity index is 2.85. The number of hydrogen-bond donors (Lipinski definition) is 0. The Labute approximate surface area is 95.8 Å². The van der Waals surface area contributed by atoms with Crippen molar-refractivity contribution in [1.29, 1.82) is 0 Å². The van der Waals surface area contributed by atoms with Gasteiger partial charge in [0.1, 0.15) is 6.61 Å². The monoisotopic (exact) mass is 236 g/mol. The first-order valence-electron chi connectivity index (χ1n) is 5.19. The lowest BCUT2D eigenvalue weighted by Crippen LogP contribution is -2.12. The molecule has 0 bridgehead atoms. The van der Waals surface area contributed by atoms with Gasteiger partial charge in [-0.15, -0.1) is 0 Å². The molecule has 96 valence electrons. The summed E-state index contributed by atoms with van der Waals surface area (Å²) in [6.45, 7) is 4.34. The molecule has 0 spiro atoms. The van der Waals surface area contributed by atoms with Gasteiger partial charge in [-0.05, 0) is 0 Å². The van der Waals surface area contributed by atoms with Crippen LogP contribution in [0.15, 0.2) is 0 Å². The van der Waals surface area contributed by atoms with Crippen LogP contribution in [0.25, 0.3) is 0 Å². The van der Waals surface area contributed by atoms with Gasteiger partial charge in [0.05, 0.1) is 46.2 Å². The second-order valence-electron chi connectivity index (χ2n) is 2.80. The minimum atomic E-state index is 0.281. The van der Waals surface area contributed by atoms with Gasteiger partial charge in [0.2, 0.25) is 0 Å². The fourth-order valence-corrected chi connectivity index (χ4v) is 0.839. The third kappa shape index (κ3) is 13.3.